The summed E-state index contributed by atoms with van der Waals surface area (Å²) in [5.74, 6) is 7.87. The van der Waals surface area contributed by atoms with Gasteiger partial charge >= 0.3 is 0 Å². The molecule has 0 radical (unpaired) electrons. The minimum atomic E-state index is -0.00967. The number of aromatic nitrogens is 12. The molecule has 4 amide bonds. The van der Waals surface area contributed by atoms with Crippen LogP contribution < -0.4 is 21.3 Å². The van der Waals surface area contributed by atoms with Gasteiger partial charge in [0.15, 0.2) is 0 Å². The van der Waals surface area contributed by atoms with Crippen molar-refractivity contribution in [1.82, 2.24) is 79.4 Å². The third kappa shape index (κ3) is 17.4. The molecule has 4 aliphatic carbocycles. The highest BCUT2D eigenvalue weighted by atomic mass is 16.5. The van der Waals surface area contributed by atoms with Crippen molar-refractivity contribution in [3.8, 4) is 0 Å². The van der Waals surface area contributed by atoms with Crippen LogP contribution in [0.4, 0.5) is 23.3 Å². The number of anilines is 4. The summed E-state index contributed by atoms with van der Waals surface area (Å²) in [6.07, 6.45) is 35.3. The van der Waals surface area contributed by atoms with Crippen LogP contribution >= 0.6 is 0 Å². The highest BCUT2D eigenvalue weighted by Gasteiger charge is 2.44. The molecule has 4 saturated heterocycles. The van der Waals surface area contributed by atoms with Crippen molar-refractivity contribution < 1.29 is 33.4 Å². The van der Waals surface area contributed by atoms with Gasteiger partial charge in [-0.3, -0.25) is 19.2 Å². The normalized spacial score (nSPS) is 26.4. The number of carbonyl (C=O) groups excluding carboxylic acids is 4. The van der Waals surface area contributed by atoms with Gasteiger partial charge < -0.3 is 75.0 Å². The quantitative estimate of drug-likeness (QED) is 0.0261. The summed E-state index contributed by atoms with van der Waals surface area (Å²) in [5, 5.41) is 18.7. The van der Waals surface area contributed by atoms with E-state index in [0.717, 1.165) is 170 Å². The van der Waals surface area contributed by atoms with Crippen molar-refractivity contribution in [2.75, 3.05) is 88.6 Å². The second-order valence-corrected chi connectivity index (χ2v) is 31.5. The van der Waals surface area contributed by atoms with Crippen molar-refractivity contribution >= 4 is 91.0 Å². The number of methoxy groups -OCH3 is 3. The third-order valence-corrected chi connectivity index (χ3v) is 23.6. The molecule has 2 unspecified atom stereocenters. The first kappa shape index (κ1) is 76.6. The van der Waals surface area contributed by atoms with Crippen LogP contribution in [-0.2, 0) is 39.8 Å². The van der Waals surface area contributed by atoms with E-state index in [1.54, 1.807) is 46.6 Å². The molecular formula is C81H110N20O7. The smallest absolute Gasteiger partial charge is 0.246 e. The first-order valence-electron chi connectivity index (χ1n) is 38.9. The molecule has 0 spiro atoms. The Kier molecular flexibility index (Phi) is 24.3. The van der Waals surface area contributed by atoms with Gasteiger partial charge in [-0.25, -0.2) is 39.9 Å². The van der Waals surface area contributed by atoms with Gasteiger partial charge in [0.2, 0.25) is 23.6 Å². The number of rotatable bonds is 24. The van der Waals surface area contributed by atoms with Gasteiger partial charge in [0.1, 0.15) is 71.2 Å². The van der Waals surface area contributed by atoms with E-state index in [0.29, 0.717) is 67.6 Å². The predicted octanol–water partition coefficient (Wildman–Crippen LogP) is 11.6. The molecule has 14 atom stereocenters. The van der Waals surface area contributed by atoms with Crippen molar-refractivity contribution in [1.29, 1.82) is 0 Å². The predicted molar refractivity (Wildman–Crippen MR) is 421 cm³/mol. The maximum atomic E-state index is 12.4. The summed E-state index contributed by atoms with van der Waals surface area (Å²) in [6.45, 7) is 30.2. The fourth-order valence-electron chi connectivity index (χ4n) is 17.1. The lowest BCUT2D eigenvalue weighted by Gasteiger charge is -2.41. The summed E-state index contributed by atoms with van der Waals surface area (Å²) in [6, 6.07) is 1.68. The van der Waals surface area contributed by atoms with Crippen LogP contribution in [0.3, 0.4) is 0 Å². The summed E-state index contributed by atoms with van der Waals surface area (Å²) in [4.78, 5) is 105. The Hall–Kier alpha value is -9.60. The molecule has 8 aliphatic rings. The van der Waals surface area contributed by atoms with Crippen LogP contribution in [0, 0.1) is 29.6 Å². The standard InChI is InChI=1S/C21H29N5O.3C20H27N5O2/c1-4-18(27)26-11-16(7-8-17(26)13(2)3)25-21-19-15(9-14-5-6-14)10-22-20(19)23-12-24-21;3*1-4-17(26)25-9-14(6-5-12(25)2)24-20-18-16(15-7-13(15)10-27-3)8-21-19(18)22-11-23-20/h4,10,12-14,16-17H,1,5-9,11H2,2-3H3,(H2,22,23,24,25);3*4,8,11-15H,1,5-7,9-10H2,2-3H3,(H2,21,22,23,24)/t16-,17-;12-,13?,14+,15?;12-,13+,14+,15-;12-,13-,14+,15+/m1000/s1. The minimum absolute atomic E-state index is 0.00967. The second-order valence-electron chi connectivity index (χ2n) is 31.5. The number of carbonyl (C=O) groups is 4. The maximum absolute atomic E-state index is 12.4. The number of likely N-dealkylation sites (tertiary alicyclic amines) is 4. The molecule has 8 fully saturated rings. The molecule has 8 N–H and O–H groups in total. The van der Waals surface area contributed by atoms with Gasteiger partial charge in [0.25, 0.3) is 0 Å². The monoisotopic (exact) mass is 1470 g/mol. The molecule has 8 aromatic heterocycles. The molecule has 27 nitrogen and oxygen atoms in total. The van der Waals surface area contributed by atoms with Gasteiger partial charge in [0.05, 0.1) is 21.5 Å². The topological polar surface area (TPSA) is 323 Å². The molecule has 16 rings (SSSR count). The molecule has 4 saturated carbocycles. The lowest BCUT2D eigenvalue weighted by atomic mass is 9.90. The summed E-state index contributed by atoms with van der Waals surface area (Å²) < 4.78 is 15.9. The lowest BCUT2D eigenvalue weighted by Crippen LogP contribution is -2.52. The number of nitrogens with one attached hydrogen (secondary N) is 8. The SMILES string of the molecule is C=CC(=O)N1C[C@H](Nc2ncnc3[nH]cc(C4CC4COC)c23)CC[C@@H]1C.C=CC(=O)N1C[C@H](Nc2ncnc3[nH]cc(CC4CC4)c23)CC[C@@H]1C(C)C.C=CC(=O)N1C[C@H](Nc2ncnc3[nH]cc([C@@H]4C[C@H]4COC)c23)CC[C@@H]1C.C=CC(=O)N1C[C@H](Nc2ncnc3[nH]cc([C@H]4C[C@@H]4COC)c23)CC[C@@H]1C. The largest absolute Gasteiger partial charge is 0.384 e. The molecule has 0 bridgehead atoms. The lowest BCUT2D eigenvalue weighted by molar-refractivity contribution is -0.131. The van der Waals surface area contributed by atoms with Gasteiger partial charge in [-0.05, 0) is 205 Å². The van der Waals surface area contributed by atoms with Gasteiger partial charge in [-0.15, -0.1) is 0 Å². The summed E-state index contributed by atoms with van der Waals surface area (Å²) >= 11 is 0. The molecule has 12 heterocycles. The van der Waals surface area contributed by atoms with E-state index >= 15 is 0 Å². The number of aromatic amines is 4. The minimum Gasteiger partial charge on any atom is -0.384 e. The molecule has 576 valence electrons. The zero-order valence-corrected chi connectivity index (χ0v) is 64.1. The zero-order valence-electron chi connectivity index (χ0n) is 64.1. The Morgan fingerprint density at radius 2 is 0.741 bits per heavy atom. The Morgan fingerprint density at radius 1 is 0.435 bits per heavy atom. The maximum Gasteiger partial charge on any atom is 0.246 e. The van der Waals surface area contributed by atoms with Crippen molar-refractivity contribution in [3.63, 3.8) is 0 Å². The Bertz CT molecular complexity index is 4170. The number of hydrogen-bond acceptors (Lipinski definition) is 19. The molecule has 8 aromatic rings. The number of nitrogens with zero attached hydrogens (tertiary/aromatic N) is 12. The van der Waals surface area contributed by atoms with E-state index in [-0.39, 0.29) is 72.0 Å². The van der Waals surface area contributed by atoms with Crippen LogP contribution in [0.5, 0.6) is 0 Å². The molecular weight excluding hydrogens is 1370 g/mol. The number of ether oxygens (including phenoxy) is 3. The van der Waals surface area contributed by atoms with Crippen LogP contribution in [0.15, 0.2) is 101 Å². The number of fused-ring (bicyclic) bond motifs is 4. The number of piperidine rings is 4. The average molecular weight is 1480 g/mol. The molecule has 27 heteroatoms. The fraction of sp³-hybridized carbons (Fsp3) is 0.556. The Labute approximate surface area is 632 Å². The zero-order chi connectivity index (χ0) is 75.9. The van der Waals surface area contributed by atoms with Crippen LogP contribution in [0.1, 0.15) is 158 Å². The first-order valence-corrected chi connectivity index (χ1v) is 38.9. The van der Waals surface area contributed by atoms with Crippen LogP contribution in [-0.4, -0.2) is 219 Å². The number of H-pyrrole nitrogens is 4. The third-order valence-electron chi connectivity index (χ3n) is 23.6. The number of hydrogen-bond donors (Lipinski definition) is 8. The van der Waals surface area contributed by atoms with E-state index in [9.17, 15) is 19.2 Å². The van der Waals surface area contributed by atoms with Gasteiger partial charge in [-0.1, -0.05) is 40.2 Å². The second kappa shape index (κ2) is 34.3. The van der Waals surface area contributed by atoms with E-state index in [1.165, 1.54) is 59.4 Å². The van der Waals surface area contributed by atoms with E-state index in [1.807, 2.05) is 19.6 Å². The first-order chi connectivity index (χ1) is 52.4. The average Bonchev–Trinajstić information content (AvgIpc) is 1.60. The van der Waals surface area contributed by atoms with Gasteiger partial charge in [-0.2, -0.15) is 0 Å². The van der Waals surface area contributed by atoms with E-state index in [4.69, 9.17) is 14.2 Å². The van der Waals surface area contributed by atoms with E-state index < -0.39 is 0 Å². The van der Waals surface area contributed by atoms with Crippen molar-refractivity contribution in [2.45, 2.75) is 191 Å². The summed E-state index contributed by atoms with van der Waals surface area (Å²) in [7, 11) is 5.25. The van der Waals surface area contributed by atoms with Gasteiger partial charge in [0, 0.05) is 140 Å². The highest BCUT2D eigenvalue weighted by molar-refractivity contribution is 5.95. The number of amides is 4. The molecule has 108 heavy (non-hydrogen) atoms. The summed E-state index contributed by atoms with van der Waals surface area (Å²) in [5.41, 5.74) is 8.54. The van der Waals surface area contributed by atoms with Crippen molar-refractivity contribution in [3.05, 3.63) is 123 Å². The van der Waals surface area contributed by atoms with E-state index in [2.05, 4.69) is 167 Å². The van der Waals surface area contributed by atoms with Crippen LogP contribution in [0.2, 0.25) is 0 Å². The molecule has 0 aromatic carbocycles. The fourth-order valence-corrected chi connectivity index (χ4v) is 17.1. The highest BCUT2D eigenvalue weighted by Crippen LogP contribution is 2.53. The molecule has 4 aliphatic heterocycles. The van der Waals surface area contributed by atoms with Crippen LogP contribution in [0.25, 0.3) is 44.1 Å². The Balaban J connectivity index is 0.000000127. The van der Waals surface area contributed by atoms with Crippen molar-refractivity contribution in [2.24, 2.45) is 29.6 Å². The Morgan fingerprint density at radius 3 is 1.06 bits per heavy atom.